The van der Waals surface area contributed by atoms with Crippen LogP contribution in [0.1, 0.15) is 112 Å². The molecule has 0 fully saturated rings. The van der Waals surface area contributed by atoms with Crippen LogP contribution in [0.25, 0.3) is 0 Å². The number of hydrogen-bond donors (Lipinski definition) is 4. The number of alkyl carbamates (subject to hydrolysis) is 2. The zero-order valence-electron chi connectivity index (χ0n) is 26.2. The molecular formula is C29H54N4O8. The first kappa shape index (κ1) is 38.0. The molecule has 0 radical (unpaired) electrons. The van der Waals surface area contributed by atoms with Crippen molar-refractivity contribution in [3.63, 3.8) is 0 Å². The highest BCUT2D eigenvalue weighted by Gasteiger charge is 2.21. The number of nitrogens with one attached hydrogen (secondary N) is 4. The third-order valence-electron chi connectivity index (χ3n) is 5.56. The van der Waals surface area contributed by atoms with E-state index in [1.54, 1.807) is 20.8 Å². The summed E-state index contributed by atoms with van der Waals surface area (Å²) < 4.78 is 15.2. The van der Waals surface area contributed by atoms with Crippen LogP contribution in [0.5, 0.6) is 0 Å². The van der Waals surface area contributed by atoms with Gasteiger partial charge in [-0.25, -0.2) is 14.4 Å². The van der Waals surface area contributed by atoms with Crippen LogP contribution in [0.15, 0.2) is 0 Å². The zero-order valence-corrected chi connectivity index (χ0v) is 26.2. The fourth-order valence-corrected chi connectivity index (χ4v) is 3.63. The van der Waals surface area contributed by atoms with E-state index in [1.165, 1.54) is 7.11 Å². The molecule has 0 aliphatic rings. The summed E-state index contributed by atoms with van der Waals surface area (Å²) in [5, 5.41) is 11.0. The quantitative estimate of drug-likeness (QED) is 0.0999. The maximum Gasteiger partial charge on any atom is 0.407 e. The maximum absolute atomic E-state index is 12.3. The van der Waals surface area contributed by atoms with Gasteiger partial charge in [0, 0.05) is 32.5 Å². The average Bonchev–Trinajstić information content (AvgIpc) is 2.84. The molecule has 238 valence electrons. The average molecular weight is 587 g/mol. The molecule has 0 saturated heterocycles. The van der Waals surface area contributed by atoms with Gasteiger partial charge < -0.3 is 35.5 Å². The molecule has 0 aliphatic heterocycles. The van der Waals surface area contributed by atoms with Gasteiger partial charge in [0.2, 0.25) is 11.8 Å². The molecule has 0 aromatic rings. The van der Waals surface area contributed by atoms with Gasteiger partial charge in [-0.05, 0) is 86.5 Å². The maximum atomic E-state index is 12.3. The molecule has 0 saturated carbocycles. The van der Waals surface area contributed by atoms with Gasteiger partial charge in [0.1, 0.15) is 17.2 Å². The smallest absolute Gasteiger partial charge is 0.407 e. The van der Waals surface area contributed by atoms with E-state index in [4.69, 9.17) is 14.2 Å². The molecule has 1 atom stereocenters. The summed E-state index contributed by atoms with van der Waals surface area (Å²) in [7, 11) is 1.28. The number of amides is 4. The van der Waals surface area contributed by atoms with Gasteiger partial charge >= 0.3 is 18.2 Å². The van der Waals surface area contributed by atoms with Crippen LogP contribution in [0.4, 0.5) is 9.59 Å². The van der Waals surface area contributed by atoms with E-state index in [2.05, 4.69) is 21.3 Å². The highest BCUT2D eigenvalue weighted by atomic mass is 16.6. The lowest BCUT2D eigenvalue weighted by molar-refractivity contribution is -0.145. The zero-order chi connectivity index (χ0) is 31.3. The van der Waals surface area contributed by atoms with Crippen molar-refractivity contribution in [3.05, 3.63) is 0 Å². The van der Waals surface area contributed by atoms with Crippen LogP contribution in [0.3, 0.4) is 0 Å². The Balaban J connectivity index is 3.98. The number of ether oxygens (including phenoxy) is 3. The monoisotopic (exact) mass is 586 g/mol. The van der Waals surface area contributed by atoms with E-state index in [1.807, 2.05) is 20.8 Å². The van der Waals surface area contributed by atoms with E-state index in [0.717, 1.165) is 25.7 Å². The van der Waals surface area contributed by atoms with Gasteiger partial charge in [-0.2, -0.15) is 0 Å². The van der Waals surface area contributed by atoms with Crippen molar-refractivity contribution < 1.29 is 38.2 Å². The number of methoxy groups -OCH3 is 1. The van der Waals surface area contributed by atoms with Gasteiger partial charge in [-0.3, -0.25) is 9.59 Å². The summed E-state index contributed by atoms with van der Waals surface area (Å²) in [6.07, 6.45) is 5.87. The highest BCUT2D eigenvalue weighted by molar-refractivity contribution is 5.84. The van der Waals surface area contributed by atoms with Crippen LogP contribution in [-0.4, -0.2) is 74.0 Å². The molecule has 0 aliphatic carbocycles. The van der Waals surface area contributed by atoms with Gasteiger partial charge in [0.05, 0.1) is 7.11 Å². The normalized spacial score (nSPS) is 12.1. The second kappa shape index (κ2) is 20.8. The second-order valence-corrected chi connectivity index (χ2v) is 12.0. The number of carbonyl (C=O) groups excluding carboxylic acids is 5. The second-order valence-electron chi connectivity index (χ2n) is 12.0. The Kier molecular flexibility index (Phi) is 19.2. The first-order chi connectivity index (χ1) is 19.1. The molecule has 41 heavy (non-hydrogen) atoms. The molecule has 0 unspecified atom stereocenters. The molecular weight excluding hydrogens is 532 g/mol. The lowest BCUT2D eigenvalue weighted by atomic mass is 10.1. The first-order valence-electron chi connectivity index (χ1n) is 14.7. The Labute approximate surface area is 245 Å². The molecule has 4 N–H and O–H groups in total. The van der Waals surface area contributed by atoms with E-state index in [9.17, 15) is 24.0 Å². The van der Waals surface area contributed by atoms with Crippen LogP contribution < -0.4 is 21.3 Å². The van der Waals surface area contributed by atoms with Crippen LogP contribution in [-0.2, 0) is 28.6 Å². The molecule has 0 heterocycles. The minimum absolute atomic E-state index is 0.0378. The Bertz CT molecular complexity index is 806. The first-order valence-corrected chi connectivity index (χ1v) is 14.7. The summed E-state index contributed by atoms with van der Waals surface area (Å²) in [5.74, 6) is -0.760. The van der Waals surface area contributed by atoms with Crippen molar-refractivity contribution in [1.29, 1.82) is 0 Å². The topological polar surface area (TPSA) is 161 Å². The van der Waals surface area contributed by atoms with Crippen molar-refractivity contribution in [2.75, 3.05) is 26.7 Å². The van der Waals surface area contributed by atoms with Gasteiger partial charge in [0.25, 0.3) is 0 Å². The van der Waals surface area contributed by atoms with Gasteiger partial charge in [-0.1, -0.05) is 12.8 Å². The molecule has 0 bridgehead atoms. The lowest BCUT2D eigenvalue weighted by Crippen LogP contribution is -2.41. The third kappa shape index (κ3) is 24.5. The third-order valence-corrected chi connectivity index (χ3v) is 5.56. The SMILES string of the molecule is COC(=O)[C@H](CCCCNC(=O)CCCCCNC(=O)OC(C)(C)C)NC(=O)CCCCCNC(=O)OC(C)(C)C. The van der Waals surface area contributed by atoms with E-state index >= 15 is 0 Å². The molecule has 12 nitrogen and oxygen atoms in total. The molecule has 0 aromatic heterocycles. The number of carbonyl (C=O) groups is 5. The standard InChI is InChI=1S/C29H54N4O8/c1-28(2,3)40-26(37)31-20-13-8-10-17-23(34)30-19-15-12-16-22(25(36)39-7)33-24(35)18-11-9-14-21-32-27(38)41-29(4,5)6/h22H,8-21H2,1-7H3,(H,30,34)(H,31,37)(H,32,38)(H,33,35)/t22-/m0/s1. The summed E-state index contributed by atoms with van der Waals surface area (Å²) in [6, 6.07) is -0.730. The molecule has 0 aromatic carbocycles. The highest BCUT2D eigenvalue weighted by Crippen LogP contribution is 2.08. The van der Waals surface area contributed by atoms with Gasteiger partial charge in [0.15, 0.2) is 0 Å². The molecule has 12 heteroatoms. The predicted octanol–water partition coefficient (Wildman–Crippen LogP) is 4.10. The Morgan fingerprint density at radius 1 is 0.585 bits per heavy atom. The van der Waals surface area contributed by atoms with Crippen LogP contribution >= 0.6 is 0 Å². The Morgan fingerprint density at radius 3 is 1.49 bits per heavy atom. The van der Waals surface area contributed by atoms with Crippen LogP contribution in [0, 0.1) is 0 Å². The lowest BCUT2D eigenvalue weighted by Gasteiger charge is -2.19. The van der Waals surface area contributed by atoms with Crippen LogP contribution in [0.2, 0.25) is 0 Å². The van der Waals surface area contributed by atoms with E-state index in [0.29, 0.717) is 58.2 Å². The summed E-state index contributed by atoms with van der Waals surface area (Å²) in [5.41, 5.74) is -1.07. The fraction of sp³-hybridized carbons (Fsp3) is 0.828. The summed E-state index contributed by atoms with van der Waals surface area (Å²) in [4.78, 5) is 59.6. The molecule has 0 rings (SSSR count). The summed E-state index contributed by atoms with van der Waals surface area (Å²) >= 11 is 0. The van der Waals surface area contributed by atoms with Crippen molar-refractivity contribution >= 4 is 30.0 Å². The number of rotatable bonds is 19. The summed E-state index contributed by atoms with van der Waals surface area (Å²) in [6.45, 7) is 12.3. The van der Waals surface area contributed by atoms with E-state index in [-0.39, 0.29) is 18.2 Å². The largest absolute Gasteiger partial charge is 0.467 e. The predicted molar refractivity (Wildman–Crippen MR) is 156 cm³/mol. The van der Waals surface area contributed by atoms with Crippen molar-refractivity contribution in [3.8, 4) is 0 Å². The Hall–Kier alpha value is -3.05. The number of esters is 1. The molecule has 4 amide bonds. The van der Waals surface area contributed by atoms with Gasteiger partial charge in [-0.15, -0.1) is 0 Å². The van der Waals surface area contributed by atoms with E-state index < -0.39 is 35.4 Å². The van der Waals surface area contributed by atoms with Crippen molar-refractivity contribution in [1.82, 2.24) is 21.3 Å². The fourth-order valence-electron chi connectivity index (χ4n) is 3.63. The number of hydrogen-bond acceptors (Lipinski definition) is 8. The minimum Gasteiger partial charge on any atom is -0.467 e. The van der Waals surface area contributed by atoms with Crippen molar-refractivity contribution in [2.45, 2.75) is 129 Å². The number of unbranched alkanes of at least 4 members (excludes halogenated alkanes) is 5. The van der Waals surface area contributed by atoms with Crippen molar-refractivity contribution in [2.24, 2.45) is 0 Å². The Morgan fingerprint density at radius 2 is 1.02 bits per heavy atom. The minimum atomic E-state index is -0.730. The molecule has 0 spiro atoms.